The Morgan fingerprint density at radius 3 is 1.88 bits per heavy atom. The summed E-state index contributed by atoms with van der Waals surface area (Å²) in [5.41, 5.74) is 2.22. The van der Waals surface area contributed by atoms with E-state index in [0.29, 0.717) is 22.6 Å². The molecule has 1 aliphatic carbocycles. The molecular weight excluding hydrogens is 415 g/mol. The van der Waals surface area contributed by atoms with Crippen LogP contribution >= 0.6 is 0 Å². The molecule has 3 aromatic carbocycles. The first-order chi connectivity index (χ1) is 15.4. The molecule has 1 nitrogen and oxygen atoms in total. The summed E-state index contributed by atoms with van der Waals surface area (Å²) in [6, 6.07) is 12.3. The molecule has 32 heavy (non-hydrogen) atoms. The monoisotopic (exact) mass is 438 g/mol. The lowest BCUT2D eigenvalue weighted by molar-refractivity contribution is 0.352. The van der Waals surface area contributed by atoms with Crippen LogP contribution in [-0.2, 0) is 0 Å². The Morgan fingerprint density at radius 1 is 0.781 bits per heavy atom. The van der Waals surface area contributed by atoms with Crippen molar-refractivity contribution in [1.82, 2.24) is 0 Å². The van der Waals surface area contributed by atoms with E-state index >= 15 is 0 Å². The van der Waals surface area contributed by atoms with Gasteiger partial charge in [-0.3, -0.25) is 0 Å². The molecule has 1 aliphatic rings. The largest absolute Gasteiger partial charge is 0.500 e. The van der Waals surface area contributed by atoms with Crippen LogP contribution in [0.3, 0.4) is 0 Å². The average molecular weight is 438 g/mol. The van der Waals surface area contributed by atoms with Gasteiger partial charge in [-0.25, -0.2) is 13.2 Å². The lowest BCUT2D eigenvalue weighted by atomic mass is 9.87. The van der Waals surface area contributed by atoms with Crippen molar-refractivity contribution in [3.8, 4) is 28.0 Å². The fraction of sp³-hybridized carbons (Fsp3) is 0.231. The first-order valence-corrected chi connectivity index (χ1v) is 10.8. The van der Waals surface area contributed by atoms with Gasteiger partial charge in [0.25, 0.3) is 0 Å². The molecule has 0 bridgehead atoms. The Balaban J connectivity index is 1.64. The summed E-state index contributed by atoms with van der Waals surface area (Å²) in [5.74, 6) is -3.42. The Kier molecular flexibility index (Phi) is 6.40. The van der Waals surface area contributed by atoms with Crippen LogP contribution in [0.5, 0.6) is 5.75 Å². The van der Waals surface area contributed by atoms with Crippen molar-refractivity contribution in [3.63, 3.8) is 0 Å². The number of allylic oxidation sites excluding steroid dienone is 2. The lowest BCUT2D eigenvalue weighted by Gasteiger charge is -2.19. The van der Waals surface area contributed by atoms with Crippen LogP contribution < -0.4 is 4.74 Å². The number of hydrogen-bond acceptors (Lipinski definition) is 1. The van der Waals surface area contributed by atoms with Gasteiger partial charge in [-0.05, 0) is 54.0 Å². The number of hydrogen-bond donors (Lipinski definition) is 0. The maximum Gasteiger partial charge on any atom is 0.201 e. The van der Waals surface area contributed by atoms with Crippen molar-refractivity contribution < 1.29 is 22.3 Å². The van der Waals surface area contributed by atoms with Crippen LogP contribution in [0.4, 0.5) is 17.6 Å². The molecular formula is C26H23BF4O. The highest BCUT2D eigenvalue weighted by Gasteiger charge is 2.20. The van der Waals surface area contributed by atoms with E-state index in [-0.39, 0.29) is 23.4 Å². The zero-order valence-corrected chi connectivity index (χ0v) is 18.0. The van der Waals surface area contributed by atoms with Crippen LogP contribution in [0, 0.1) is 29.2 Å². The minimum atomic E-state index is -1.05. The molecule has 4 rings (SSSR count). The topological polar surface area (TPSA) is 9.23 Å². The Bertz CT molecular complexity index is 1170. The van der Waals surface area contributed by atoms with Gasteiger partial charge >= 0.3 is 0 Å². The molecule has 164 valence electrons. The number of ether oxygens (including phenoxy) is 1. The standard InChI is InChI=1S/C26H23BF4O/c1-15-2-4-16(5-3-15)19-10-11-20(24(29)23(19)28)17-6-8-18(9-7-17)21-12-13-22(32-14-27)26(31)25(21)30/h4,6-13,15H,2-3,5,14,27H2,1H3. The molecule has 1 unspecified atom stereocenters. The Morgan fingerprint density at radius 2 is 1.31 bits per heavy atom. The van der Waals surface area contributed by atoms with E-state index in [0.717, 1.165) is 24.8 Å². The highest BCUT2D eigenvalue weighted by molar-refractivity contribution is 6.08. The van der Waals surface area contributed by atoms with E-state index in [1.807, 2.05) is 6.08 Å². The van der Waals surface area contributed by atoms with Gasteiger partial charge in [0.1, 0.15) is 0 Å². The highest BCUT2D eigenvalue weighted by atomic mass is 19.2. The van der Waals surface area contributed by atoms with Crippen molar-refractivity contribution in [2.75, 3.05) is 6.51 Å². The van der Waals surface area contributed by atoms with Crippen molar-refractivity contribution in [2.45, 2.75) is 26.2 Å². The zero-order valence-electron chi connectivity index (χ0n) is 18.0. The predicted molar refractivity (Wildman–Crippen MR) is 122 cm³/mol. The summed E-state index contributed by atoms with van der Waals surface area (Å²) >= 11 is 0. The third-order valence-corrected chi connectivity index (χ3v) is 5.95. The van der Waals surface area contributed by atoms with Gasteiger partial charge in [0.2, 0.25) is 5.82 Å². The van der Waals surface area contributed by atoms with Crippen LogP contribution in [0.25, 0.3) is 27.8 Å². The molecule has 0 spiro atoms. The third kappa shape index (κ3) is 4.18. The molecule has 0 saturated carbocycles. The van der Waals surface area contributed by atoms with Crippen molar-refractivity contribution >= 4 is 13.4 Å². The summed E-state index contributed by atoms with van der Waals surface area (Å²) in [4.78, 5) is 0. The second kappa shape index (κ2) is 9.23. The summed E-state index contributed by atoms with van der Waals surface area (Å²) in [5, 5.41) is 0. The molecule has 0 saturated heterocycles. The highest BCUT2D eigenvalue weighted by Crippen LogP contribution is 2.36. The van der Waals surface area contributed by atoms with E-state index in [1.54, 1.807) is 44.2 Å². The summed E-state index contributed by atoms with van der Waals surface area (Å²) < 4.78 is 63.5. The number of halogens is 4. The summed E-state index contributed by atoms with van der Waals surface area (Å²) in [6.45, 7) is 2.37. The van der Waals surface area contributed by atoms with Crippen LogP contribution in [0.1, 0.15) is 31.7 Å². The molecule has 0 fully saturated rings. The first-order valence-electron chi connectivity index (χ1n) is 10.8. The molecule has 0 amide bonds. The average Bonchev–Trinajstić information content (AvgIpc) is 2.80. The normalized spacial score (nSPS) is 16.0. The minimum absolute atomic E-state index is 0.0676. The van der Waals surface area contributed by atoms with Gasteiger partial charge in [0.15, 0.2) is 31.0 Å². The van der Waals surface area contributed by atoms with E-state index in [2.05, 4.69) is 6.92 Å². The van der Waals surface area contributed by atoms with E-state index in [9.17, 15) is 17.6 Å². The maximum atomic E-state index is 14.9. The quantitative estimate of drug-likeness (QED) is 0.316. The smallest absolute Gasteiger partial charge is 0.201 e. The third-order valence-electron chi connectivity index (χ3n) is 5.95. The molecule has 3 aromatic rings. The molecule has 0 aromatic heterocycles. The van der Waals surface area contributed by atoms with E-state index in [1.165, 1.54) is 12.1 Å². The van der Waals surface area contributed by atoms with Gasteiger partial charge in [-0.1, -0.05) is 49.4 Å². The molecule has 0 heterocycles. The van der Waals surface area contributed by atoms with Crippen molar-refractivity contribution in [1.29, 1.82) is 0 Å². The van der Waals surface area contributed by atoms with Gasteiger partial charge in [0.05, 0.1) is 6.51 Å². The predicted octanol–water partition coefficient (Wildman–Crippen LogP) is 6.75. The number of rotatable bonds is 5. The molecule has 0 N–H and O–H groups in total. The van der Waals surface area contributed by atoms with Crippen molar-refractivity contribution in [3.05, 3.63) is 83.4 Å². The summed E-state index contributed by atoms with van der Waals surface area (Å²) in [6.07, 6.45) is 4.54. The fourth-order valence-corrected chi connectivity index (χ4v) is 4.08. The molecule has 1 atom stereocenters. The second-order valence-electron chi connectivity index (χ2n) is 8.15. The Hall–Kier alpha value is -3.02. The van der Waals surface area contributed by atoms with Gasteiger partial charge in [-0.15, -0.1) is 0 Å². The van der Waals surface area contributed by atoms with Crippen LogP contribution in [-0.4, -0.2) is 14.4 Å². The maximum absolute atomic E-state index is 14.9. The second-order valence-corrected chi connectivity index (χ2v) is 8.15. The SMILES string of the molecule is BCOc1ccc(-c2ccc(-c3ccc(C4=CCC(C)CC4)c(F)c3F)cc2)c(F)c1F. The first kappa shape index (κ1) is 22.2. The number of benzene rings is 3. The van der Waals surface area contributed by atoms with Gasteiger partial charge < -0.3 is 4.74 Å². The van der Waals surface area contributed by atoms with E-state index in [4.69, 9.17) is 4.74 Å². The fourth-order valence-electron chi connectivity index (χ4n) is 4.08. The lowest BCUT2D eigenvalue weighted by Crippen LogP contribution is -2.04. The minimum Gasteiger partial charge on any atom is -0.500 e. The zero-order chi connectivity index (χ0) is 22.8. The van der Waals surface area contributed by atoms with Crippen LogP contribution in [0.2, 0.25) is 0 Å². The Labute approximate surface area is 186 Å². The molecule has 0 radical (unpaired) electrons. The molecule has 6 heteroatoms. The van der Waals surface area contributed by atoms with E-state index < -0.39 is 23.3 Å². The molecule has 0 aliphatic heterocycles. The van der Waals surface area contributed by atoms with Gasteiger partial charge in [0, 0.05) is 16.7 Å². The van der Waals surface area contributed by atoms with Gasteiger partial charge in [-0.2, -0.15) is 4.39 Å². The van der Waals surface area contributed by atoms with Crippen molar-refractivity contribution in [2.24, 2.45) is 5.92 Å². The van der Waals surface area contributed by atoms with Crippen LogP contribution in [0.15, 0.2) is 54.6 Å². The summed E-state index contributed by atoms with van der Waals surface area (Å²) in [7, 11) is 1.69.